The molecule has 0 aliphatic rings. The molecule has 0 saturated carbocycles. The predicted molar refractivity (Wildman–Crippen MR) is 56.2 cm³/mol. The summed E-state index contributed by atoms with van der Waals surface area (Å²) in [6.07, 6.45) is 2.72. The van der Waals surface area contributed by atoms with Gasteiger partial charge in [-0.05, 0) is 17.5 Å². The van der Waals surface area contributed by atoms with Gasteiger partial charge in [0.25, 0.3) is 0 Å². The van der Waals surface area contributed by atoms with E-state index in [1.165, 1.54) is 5.56 Å². The molecule has 1 aromatic heterocycles. The standard InChI is InChI=1S/C11H12N2O/c1-2-8-3-5-9(6-4-8)10-7-12-11(14)13-10/h3-7H,2H2,1H3,(H2,12,13,14). The number of aromatic nitrogens is 2. The molecule has 3 nitrogen and oxygen atoms in total. The molecule has 2 aromatic rings. The lowest BCUT2D eigenvalue weighted by molar-refractivity contribution is 1.14. The molecule has 0 amide bonds. The van der Waals surface area contributed by atoms with Gasteiger partial charge in [-0.15, -0.1) is 0 Å². The van der Waals surface area contributed by atoms with Gasteiger partial charge >= 0.3 is 5.69 Å². The number of hydrogen-bond donors (Lipinski definition) is 2. The van der Waals surface area contributed by atoms with E-state index < -0.39 is 0 Å². The van der Waals surface area contributed by atoms with Gasteiger partial charge in [0, 0.05) is 6.20 Å². The highest BCUT2D eigenvalue weighted by Gasteiger charge is 1.98. The Balaban J connectivity index is 2.38. The Kier molecular flexibility index (Phi) is 2.23. The van der Waals surface area contributed by atoms with Crippen LogP contribution in [-0.2, 0) is 6.42 Å². The van der Waals surface area contributed by atoms with Crippen molar-refractivity contribution in [1.29, 1.82) is 0 Å². The lowest BCUT2D eigenvalue weighted by atomic mass is 10.1. The number of rotatable bonds is 2. The van der Waals surface area contributed by atoms with Gasteiger partial charge in [-0.3, -0.25) is 0 Å². The smallest absolute Gasteiger partial charge is 0.312 e. The molecule has 3 heteroatoms. The summed E-state index contributed by atoms with van der Waals surface area (Å²) >= 11 is 0. The number of benzene rings is 1. The Hall–Kier alpha value is -1.77. The summed E-state index contributed by atoms with van der Waals surface area (Å²) in [6.45, 7) is 2.12. The third-order valence-corrected chi connectivity index (χ3v) is 2.27. The quantitative estimate of drug-likeness (QED) is 0.743. The molecule has 0 unspecified atom stereocenters. The van der Waals surface area contributed by atoms with Gasteiger partial charge in [0.15, 0.2) is 0 Å². The summed E-state index contributed by atoms with van der Waals surface area (Å²) in [4.78, 5) is 16.2. The largest absolute Gasteiger partial charge is 0.323 e. The molecule has 0 aliphatic carbocycles. The summed E-state index contributed by atoms with van der Waals surface area (Å²) in [5.74, 6) is 0. The van der Waals surface area contributed by atoms with Crippen LogP contribution < -0.4 is 5.69 Å². The Morgan fingerprint density at radius 3 is 2.43 bits per heavy atom. The van der Waals surface area contributed by atoms with Crippen LogP contribution in [-0.4, -0.2) is 9.97 Å². The molecule has 0 radical (unpaired) electrons. The predicted octanol–water partition coefficient (Wildman–Crippen LogP) is 1.93. The van der Waals surface area contributed by atoms with E-state index in [0.717, 1.165) is 17.7 Å². The monoisotopic (exact) mass is 188 g/mol. The van der Waals surface area contributed by atoms with Crippen molar-refractivity contribution in [3.05, 3.63) is 46.5 Å². The second-order valence-electron chi connectivity index (χ2n) is 3.21. The maximum atomic E-state index is 10.9. The van der Waals surface area contributed by atoms with E-state index in [0.29, 0.717) is 0 Å². The van der Waals surface area contributed by atoms with E-state index in [2.05, 4.69) is 29.0 Å². The Morgan fingerprint density at radius 2 is 1.93 bits per heavy atom. The fourth-order valence-electron chi connectivity index (χ4n) is 1.41. The van der Waals surface area contributed by atoms with Crippen molar-refractivity contribution in [1.82, 2.24) is 9.97 Å². The maximum Gasteiger partial charge on any atom is 0.323 e. The average molecular weight is 188 g/mol. The molecule has 0 spiro atoms. The van der Waals surface area contributed by atoms with Gasteiger partial charge in [-0.2, -0.15) is 0 Å². The molecular weight excluding hydrogens is 176 g/mol. The van der Waals surface area contributed by atoms with Gasteiger partial charge in [-0.25, -0.2) is 4.79 Å². The topological polar surface area (TPSA) is 48.6 Å². The van der Waals surface area contributed by atoms with E-state index in [1.54, 1.807) is 6.20 Å². The van der Waals surface area contributed by atoms with Crippen molar-refractivity contribution in [3.8, 4) is 11.3 Å². The van der Waals surface area contributed by atoms with Crippen LogP contribution in [0.3, 0.4) is 0 Å². The molecule has 2 N–H and O–H groups in total. The number of hydrogen-bond acceptors (Lipinski definition) is 1. The molecule has 0 bridgehead atoms. The zero-order valence-corrected chi connectivity index (χ0v) is 8.00. The lowest BCUT2D eigenvalue weighted by Crippen LogP contribution is -1.99. The fourth-order valence-corrected chi connectivity index (χ4v) is 1.41. The van der Waals surface area contributed by atoms with Crippen LogP contribution in [0.25, 0.3) is 11.3 Å². The normalized spacial score (nSPS) is 10.4. The maximum absolute atomic E-state index is 10.9. The average Bonchev–Trinajstić information content (AvgIpc) is 2.65. The van der Waals surface area contributed by atoms with Crippen LogP contribution in [0, 0.1) is 0 Å². The van der Waals surface area contributed by atoms with Crippen LogP contribution >= 0.6 is 0 Å². The van der Waals surface area contributed by atoms with Crippen molar-refractivity contribution in [2.45, 2.75) is 13.3 Å². The zero-order chi connectivity index (χ0) is 9.97. The fraction of sp³-hybridized carbons (Fsp3) is 0.182. The van der Waals surface area contributed by atoms with Crippen molar-refractivity contribution in [2.24, 2.45) is 0 Å². The zero-order valence-electron chi connectivity index (χ0n) is 8.00. The highest BCUT2D eigenvalue weighted by Crippen LogP contribution is 2.15. The van der Waals surface area contributed by atoms with E-state index >= 15 is 0 Å². The van der Waals surface area contributed by atoms with Crippen molar-refractivity contribution in [3.63, 3.8) is 0 Å². The van der Waals surface area contributed by atoms with Gasteiger partial charge in [0.2, 0.25) is 0 Å². The number of aryl methyl sites for hydroxylation is 1. The van der Waals surface area contributed by atoms with E-state index in [9.17, 15) is 4.79 Å². The Labute approximate surface area is 81.8 Å². The van der Waals surface area contributed by atoms with Crippen molar-refractivity contribution < 1.29 is 0 Å². The van der Waals surface area contributed by atoms with Gasteiger partial charge in [0.1, 0.15) is 0 Å². The van der Waals surface area contributed by atoms with Gasteiger partial charge in [-0.1, -0.05) is 31.2 Å². The second kappa shape index (κ2) is 3.54. The van der Waals surface area contributed by atoms with E-state index in [4.69, 9.17) is 0 Å². The highest BCUT2D eigenvalue weighted by atomic mass is 16.1. The molecule has 14 heavy (non-hydrogen) atoms. The number of nitrogens with one attached hydrogen (secondary N) is 2. The molecular formula is C11H12N2O. The molecule has 1 heterocycles. The Morgan fingerprint density at radius 1 is 1.21 bits per heavy atom. The van der Waals surface area contributed by atoms with Crippen LogP contribution in [0.4, 0.5) is 0 Å². The summed E-state index contributed by atoms with van der Waals surface area (Å²) in [5, 5.41) is 0. The Bertz CT molecular complexity index is 465. The number of aromatic amines is 2. The van der Waals surface area contributed by atoms with Crippen LogP contribution in [0.5, 0.6) is 0 Å². The molecule has 0 aliphatic heterocycles. The van der Waals surface area contributed by atoms with E-state index in [1.807, 2.05) is 12.1 Å². The van der Waals surface area contributed by atoms with Gasteiger partial charge in [0.05, 0.1) is 5.69 Å². The summed E-state index contributed by atoms with van der Waals surface area (Å²) in [7, 11) is 0. The van der Waals surface area contributed by atoms with Crippen molar-refractivity contribution >= 4 is 0 Å². The molecule has 0 saturated heterocycles. The minimum atomic E-state index is -0.167. The minimum Gasteiger partial charge on any atom is -0.312 e. The molecule has 1 aromatic carbocycles. The third kappa shape index (κ3) is 1.62. The molecule has 0 fully saturated rings. The lowest BCUT2D eigenvalue weighted by Gasteiger charge is -1.98. The SMILES string of the molecule is CCc1ccc(-c2c[nH]c(=O)[nH]2)cc1. The first-order valence-corrected chi connectivity index (χ1v) is 4.66. The third-order valence-electron chi connectivity index (χ3n) is 2.27. The first kappa shape index (κ1) is 8.81. The van der Waals surface area contributed by atoms with Crippen LogP contribution in [0.2, 0.25) is 0 Å². The second-order valence-corrected chi connectivity index (χ2v) is 3.21. The summed E-state index contributed by atoms with van der Waals surface area (Å²) < 4.78 is 0. The van der Waals surface area contributed by atoms with Crippen LogP contribution in [0.1, 0.15) is 12.5 Å². The first-order chi connectivity index (χ1) is 6.79. The van der Waals surface area contributed by atoms with Crippen molar-refractivity contribution in [2.75, 3.05) is 0 Å². The van der Waals surface area contributed by atoms with Gasteiger partial charge < -0.3 is 9.97 Å². The minimum absolute atomic E-state index is 0.167. The first-order valence-electron chi connectivity index (χ1n) is 4.66. The summed E-state index contributed by atoms with van der Waals surface area (Å²) in [5.41, 5.74) is 2.99. The molecule has 2 rings (SSSR count). The molecule has 0 atom stereocenters. The number of H-pyrrole nitrogens is 2. The van der Waals surface area contributed by atoms with Crippen LogP contribution in [0.15, 0.2) is 35.3 Å². The highest BCUT2D eigenvalue weighted by molar-refractivity contribution is 5.58. The number of imidazole rings is 1. The van der Waals surface area contributed by atoms with E-state index in [-0.39, 0.29) is 5.69 Å². The molecule has 72 valence electrons. The summed E-state index contributed by atoms with van der Waals surface area (Å²) in [6, 6.07) is 8.16.